The summed E-state index contributed by atoms with van der Waals surface area (Å²) in [4.78, 5) is 15.2. The molecule has 1 atom stereocenters. The molecule has 33 heavy (non-hydrogen) atoms. The second kappa shape index (κ2) is 11.5. The first-order valence-corrected chi connectivity index (χ1v) is 10.6. The Morgan fingerprint density at radius 1 is 1.24 bits per heavy atom. The zero-order valence-electron chi connectivity index (χ0n) is 18.8. The molecule has 0 radical (unpaired) electrons. The number of anilines is 1. The fraction of sp³-hybridized carbons (Fsp3) is 0.222. The summed E-state index contributed by atoms with van der Waals surface area (Å²) in [6.07, 6.45) is 4.87. The number of ether oxygens (including phenoxy) is 1. The lowest BCUT2D eigenvalue weighted by molar-refractivity contribution is -0.137. The smallest absolute Gasteiger partial charge is 0.304 e. The lowest BCUT2D eigenvalue weighted by atomic mass is 9.96. The van der Waals surface area contributed by atoms with Crippen molar-refractivity contribution in [1.82, 2.24) is 4.98 Å². The highest BCUT2D eigenvalue weighted by atomic mass is 16.5. The molecule has 0 fully saturated rings. The number of benzene rings is 2. The molecular weight excluding hydrogens is 414 g/mol. The molecule has 168 valence electrons. The summed E-state index contributed by atoms with van der Waals surface area (Å²) >= 11 is 0. The van der Waals surface area contributed by atoms with E-state index < -0.39 is 5.97 Å². The minimum Gasteiger partial charge on any atom is -0.489 e. The molecule has 1 aromatic heterocycles. The van der Waals surface area contributed by atoms with Crippen LogP contribution in [0.5, 0.6) is 5.75 Å². The molecule has 3 rings (SSSR count). The summed E-state index contributed by atoms with van der Waals surface area (Å²) in [5.41, 5.74) is 5.66. The fourth-order valence-electron chi connectivity index (χ4n) is 3.54. The fourth-order valence-corrected chi connectivity index (χ4v) is 3.54. The predicted octanol–water partition coefficient (Wildman–Crippen LogP) is 5.16. The van der Waals surface area contributed by atoms with E-state index in [9.17, 15) is 4.79 Å². The second-order valence-electron chi connectivity index (χ2n) is 7.58. The molecule has 3 N–H and O–H groups in total. The maximum absolute atomic E-state index is 11.1. The molecule has 3 aromatic rings. The zero-order chi connectivity index (χ0) is 23.6. The highest BCUT2D eigenvalue weighted by Crippen LogP contribution is 2.26. The Morgan fingerprint density at radius 3 is 2.67 bits per heavy atom. The average Bonchev–Trinajstić information content (AvgIpc) is 2.83. The van der Waals surface area contributed by atoms with Gasteiger partial charge in [-0.15, -0.1) is 5.92 Å². The van der Waals surface area contributed by atoms with Crippen molar-refractivity contribution in [2.75, 3.05) is 5.32 Å². The number of aliphatic carboxylic acids is 1. The third-order valence-electron chi connectivity index (χ3n) is 5.33. The van der Waals surface area contributed by atoms with Gasteiger partial charge in [-0.25, -0.2) is 0 Å². The van der Waals surface area contributed by atoms with Gasteiger partial charge in [0.25, 0.3) is 0 Å². The maximum atomic E-state index is 11.1. The van der Waals surface area contributed by atoms with E-state index in [-0.39, 0.29) is 12.3 Å². The molecule has 0 aliphatic carbocycles. The highest BCUT2D eigenvalue weighted by molar-refractivity contribution is 5.87. The van der Waals surface area contributed by atoms with E-state index in [4.69, 9.17) is 15.3 Å². The summed E-state index contributed by atoms with van der Waals surface area (Å²) < 4.78 is 5.99. The van der Waals surface area contributed by atoms with Crippen LogP contribution in [0.15, 0.2) is 60.9 Å². The van der Waals surface area contributed by atoms with Crippen molar-refractivity contribution in [2.24, 2.45) is 0 Å². The van der Waals surface area contributed by atoms with Crippen molar-refractivity contribution in [3.63, 3.8) is 0 Å². The molecule has 0 saturated heterocycles. The van der Waals surface area contributed by atoms with Gasteiger partial charge in [0.1, 0.15) is 12.4 Å². The van der Waals surface area contributed by atoms with Crippen molar-refractivity contribution in [3.05, 3.63) is 88.7 Å². The van der Waals surface area contributed by atoms with Gasteiger partial charge in [0.15, 0.2) is 0 Å². The summed E-state index contributed by atoms with van der Waals surface area (Å²) in [5.74, 6) is 5.23. The summed E-state index contributed by atoms with van der Waals surface area (Å²) in [6, 6.07) is 15.2. The van der Waals surface area contributed by atoms with E-state index in [2.05, 4.69) is 22.1 Å². The van der Waals surface area contributed by atoms with Crippen LogP contribution < -0.4 is 10.1 Å². The second-order valence-corrected chi connectivity index (χ2v) is 7.58. The van der Waals surface area contributed by atoms with Crippen molar-refractivity contribution >= 4 is 17.9 Å². The zero-order valence-corrected chi connectivity index (χ0v) is 18.8. The molecule has 1 unspecified atom stereocenters. The molecule has 0 spiro atoms. The number of carboxylic acid groups (broad SMARTS) is 1. The first kappa shape index (κ1) is 23.6. The van der Waals surface area contributed by atoms with Crippen LogP contribution in [0.3, 0.4) is 0 Å². The Balaban J connectivity index is 1.71. The van der Waals surface area contributed by atoms with E-state index in [1.54, 1.807) is 13.1 Å². The lowest BCUT2D eigenvalue weighted by Crippen LogP contribution is -2.08. The van der Waals surface area contributed by atoms with Gasteiger partial charge in [0.2, 0.25) is 0 Å². The number of nitrogens with one attached hydrogen (secondary N) is 2. The number of aromatic nitrogens is 1. The van der Waals surface area contributed by atoms with Crippen molar-refractivity contribution in [2.45, 2.75) is 39.3 Å². The van der Waals surface area contributed by atoms with E-state index in [1.807, 2.05) is 61.7 Å². The summed E-state index contributed by atoms with van der Waals surface area (Å²) in [5, 5.41) is 20.3. The SMILES string of the molecule is CC#CC(CC(=O)O)c1ccc(OCc2ccc(C=N)c(NCc3cccnc3)c2C)cc1. The minimum atomic E-state index is -0.875. The molecule has 6 heteroatoms. The summed E-state index contributed by atoms with van der Waals surface area (Å²) in [7, 11) is 0. The van der Waals surface area contributed by atoms with Crippen LogP contribution in [0.1, 0.15) is 47.1 Å². The normalized spacial score (nSPS) is 11.1. The molecule has 0 bridgehead atoms. The van der Waals surface area contributed by atoms with Crippen molar-refractivity contribution in [3.8, 4) is 17.6 Å². The molecule has 1 heterocycles. The average molecular weight is 442 g/mol. The number of carbonyl (C=O) groups is 1. The van der Waals surface area contributed by atoms with E-state index in [0.29, 0.717) is 18.9 Å². The van der Waals surface area contributed by atoms with Crippen molar-refractivity contribution < 1.29 is 14.6 Å². The molecule has 0 saturated carbocycles. The molecule has 2 aromatic carbocycles. The van der Waals surface area contributed by atoms with Gasteiger partial charge in [0.05, 0.1) is 12.3 Å². The Morgan fingerprint density at radius 2 is 2.03 bits per heavy atom. The topological polar surface area (TPSA) is 95.3 Å². The minimum absolute atomic E-state index is 0.0333. The van der Waals surface area contributed by atoms with Crippen LogP contribution in [-0.4, -0.2) is 22.3 Å². The predicted molar refractivity (Wildman–Crippen MR) is 130 cm³/mol. The number of hydrogen-bond donors (Lipinski definition) is 3. The van der Waals surface area contributed by atoms with Gasteiger partial charge in [-0.05, 0) is 54.3 Å². The number of carboxylic acids is 1. The van der Waals surface area contributed by atoms with Crippen LogP contribution in [0.2, 0.25) is 0 Å². The molecule has 6 nitrogen and oxygen atoms in total. The van der Waals surface area contributed by atoms with Gasteiger partial charge >= 0.3 is 5.97 Å². The lowest BCUT2D eigenvalue weighted by Gasteiger charge is -2.17. The number of hydrogen-bond acceptors (Lipinski definition) is 5. The van der Waals surface area contributed by atoms with Crippen molar-refractivity contribution in [1.29, 1.82) is 5.41 Å². The Bertz CT molecular complexity index is 1160. The summed E-state index contributed by atoms with van der Waals surface area (Å²) in [6.45, 7) is 4.70. The quantitative estimate of drug-likeness (QED) is 0.298. The standard InChI is InChI=1S/C27H27N3O3/c1-3-5-22(14-26(31)32)21-9-11-25(12-10-21)33-18-24-8-7-23(15-28)27(19(24)2)30-17-20-6-4-13-29-16-20/h4,6-13,15-16,22,28,30H,14,17-18H2,1-2H3,(H,31,32). The Hall–Kier alpha value is -4.11. The van der Waals surface area contributed by atoms with Crippen LogP contribution in [0.25, 0.3) is 0 Å². The first-order chi connectivity index (χ1) is 16.0. The monoisotopic (exact) mass is 441 g/mol. The van der Waals surface area contributed by atoms with Crippen LogP contribution in [-0.2, 0) is 17.9 Å². The van der Waals surface area contributed by atoms with Crippen LogP contribution >= 0.6 is 0 Å². The maximum Gasteiger partial charge on any atom is 0.304 e. The molecule has 0 amide bonds. The van der Waals surface area contributed by atoms with Crippen LogP contribution in [0.4, 0.5) is 5.69 Å². The van der Waals surface area contributed by atoms with Gasteiger partial charge in [-0.3, -0.25) is 9.78 Å². The first-order valence-electron chi connectivity index (χ1n) is 10.6. The Labute approximate surface area is 194 Å². The molecule has 0 aliphatic heterocycles. The van der Waals surface area contributed by atoms with Crippen LogP contribution in [0, 0.1) is 24.2 Å². The third-order valence-corrected chi connectivity index (χ3v) is 5.33. The number of nitrogens with zero attached hydrogens (tertiary/aromatic N) is 1. The van der Waals surface area contributed by atoms with E-state index in [1.165, 1.54) is 6.21 Å². The van der Waals surface area contributed by atoms with E-state index >= 15 is 0 Å². The third kappa shape index (κ3) is 6.44. The molecular formula is C27H27N3O3. The van der Waals surface area contributed by atoms with Gasteiger partial charge in [0, 0.05) is 36.4 Å². The Kier molecular flexibility index (Phi) is 8.20. The highest BCUT2D eigenvalue weighted by Gasteiger charge is 2.14. The number of pyridine rings is 1. The van der Waals surface area contributed by atoms with Gasteiger partial charge < -0.3 is 20.6 Å². The van der Waals surface area contributed by atoms with Gasteiger partial charge in [-0.1, -0.05) is 36.3 Å². The van der Waals surface area contributed by atoms with Gasteiger partial charge in [-0.2, -0.15) is 0 Å². The molecule has 0 aliphatic rings. The largest absolute Gasteiger partial charge is 0.489 e. The van der Waals surface area contributed by atoms with E-state index in [0.717, 1.165) is 33.5 Å². The number of rotatable bonds is 10.